The summed E-state index contributed by atoms with van der Waals surface area (Å²) in [6, 6.07) is 14.2. The second-order valence-corrected chi connectivity index (χ2v) is 7.32. The topological polar surface area (TPSA) is 98.9 Å². The van der Waals surface area contributed by atoms with Crippen molar-refractivity contribution in [3.8, 4) is 28.0 Å². The lowest BCUT2D eigenvalue weighted by atomic mass is 10.1. The Morgan fingerprint density at radius 1 is 1.30 bits per heavy atom. The van der Waals surface area contributed by atoms with Crippen molar-refractivity contribution >= 4 is 28.8 Å². The van der Waals surface area contributed by atoms with E-state index in [0.29, 0.717) is 26.3 Å². The maximum absolute atomic E-state index is 12.4. The number of rotatable bonds is 5. The molecule has 0 aliphatic rings. The van der Waals surface area contributed by atoms with Gasteiger partial charge < -0.3 is 10.4 Å². The highest BCUT2D eigenvalue weighted by molar-refractivity contribution is 7.15. The minimum Gasteiger partial charge on any atom is -0.392 e. The van der Waals surface area contributed by atoms with E-state index in [4.69, 9.17) is 16.9 Å². The van der Waals surface area contributed by atoms with Crippen LogP contribution in [0.3, 0.4) is 0 Å². The average molecular weight is 399 g/mol. The van der Waals surface area contributed by atoms with Gasteiger partial charge in [-0.15, -0.1) is 11.3 Å². The first-order valence-corrected chi connectivity index (χ1v) is 9.27. The molecule has 3 aromatic rings. The molecule has 2 heterocycles. The van der Waals surface area contributed by atoms with E-state index >= 15 is 0 Å². The molecule has 8 heteroatoms. The number of amides is 1. The van der Waals surface area contributed by atoms with E-state index in [-0.39, 0.29) is 12.2 Å². The summed E-state index contributed by atoms with van der Waals surface area (Å²) in [5.74, 6) is -0.0528. The third kappa shape index (κ3) is 4.68. The van der Waals surface area contributed by atoms with Crippen LogP contribution < -0.4 is 5.32 Å². The highest BCUT2D eigenvalue weighted by Crippen LogP contribution is 2.28. The molecule has 0 fully saturated rings. The van der Waals surface area contributed by atoms with Gasteiger partial charge in [0.15, 0.2) is 5.82 Å². The van der Waals surface area contributed by atoms with Crippen molar-refractivity contribution in [1.29, 1.82) is 5.26 Å². The summed E-state index contributed by atoms with van der Waals surface area (Å²) in [6.45, 7) is 1.70. The molecule has 2 aromatic heterocycles. The number of nitrogens with zero attached hydrogens (tertiary/aromatic N) is 3. The van der Waals surface area contributed by atoms with Crippen LogP contribution in [0.4, 0.5) is 0 Å². The molecule has 0 aliphatic heterocycles. The Kier molecular flexibility index (Phi) is 5.81. The van der Waals surface area contributed by atoms with Gasteiger partial charge in [-0.05, 0) is 37.3 Å². The number of nitrogens with one attached hydrogen (secondary N) is 1. The molecule has 3 rings (SSSR count). The number of hydrogen-bond donors (Lipinski definition) is 2. The van der Waals surface area contributed by atoms with E-state index in [1.807, 2.05) is 0 Å². The van der Waals surface area contributed by atoms with Crippen LogP contribution in [0, 0.1) is 11.3 Å². The van der Waals surface area contributed by atoms with Crippen LogP contribution >= 0.6 is 22.9 Å². The average Bonchev–Trinajstić information content (AvgIpc) is 3.15. The fourth-order valence-electron chi connectivity index (χ4n) is 2.29. The fraction of sp³-hybridized carbons (Fsp3) is 0.158. The van der Waals surface area contributed by atoms with E-state index < -0.39 is 12.0 Å². The zero-order chi connectivity index (χ0) is 19.4. The Balaban J connectivity index is 2.05. The summed E-state index contributed by atoms with van der Waals surface area (Å²) in [5.41, 5.74) is 1.52. The quantitative estimate of drug-likeness (QED) is 0.685. The van der Waals surface area contributed by atoms with Crippen molar-refractivity contribution in [2.75, 3.05) is 6.54 Å². The number of nitriles is 1. The molecule has 0 spiro atoms. The number of aliphatic hydroxyl groups is 1. The molecule has 1 unspecified atom stereocenters. The van der Waals surface area contributed by atoms with Gasteiger partial charge in [0.05, 0.1) is 16.7 Å². The normalized spacial score (nSPS) is 11.6. The fourth-order valence-corrected chi connectivity index (χ4v) is 3.15. The minimum absolute atomic E-state index is 0.117. The van der Waals surface area contributed by atoms with Crippen LogP contribution in [0.5, 0.6) is 0 Å². The van der Waals surface area contributed by atoms with Crippen LogP contribution in [0.2, 0.25) is 5.02 Å². The number of hydrogen-bond acceptors (Lipinski definition) is 6. The number of halogens is 1. The second kappa shape index (κ2) is 8.27. The van der Waals surface area contributed by atoms with Gasteiger partial charge in [-0.1, -0.05) is 23.7 Å². The van der Waals surface area contributed by atoms with Gasteiger partial charge in [0.2, 0.25) is 0 Å². The zero-order valence-electron chi connectivity index (χ0n) is 14.3. The molecular weight excluding hydrogens is 384 g/mol. The first-order chi connectivity index (χ1) is 13.0. The summed E-state index contributed by atoms with van der Waals surface area (Å²) >= 11 is 7.20. The minimum atomic E-state index is -0.665. The van der Waals surface area contributed by atoms with Crippen molar-refractivity contribution in [2.24, 2.45) is 0 Å². The van der Waals surface area contributed by atoms with Gasteiger partial charge in [0.1, 0.15) is 16.6 Å². The second-order valence-electron chi connectivity index (χ2n) is 5.80. The Hall–Kier alpha value is -2.79. The Labute approximate surface area is 165 Å². The summed E-state index contributed by atoms with van der Waals surface area (Å²) in [6.07, 6.45) is -0.665. The molecule has 1 atom stereocenters. The predicted molar refractivity (Wildman–Crippen MR) is 105 cm³/mol. The van der Waals surface area contributed by atoms with Crippen molar-refractivity contribution < 1.29 is 9.90 Å². The molecule has 136 valence electrons. The van der Waals surface area contributed by atoms with Gasteiger partial charge in [-0.25, -0.2) is 9.97 Å². The first-order valence-electron chi connectivity index (χ1n) is 8.08. The largest absolute Gasteiger partial charge is 0.392 e. The number of thiophene rings is 1. The monoisotopic (exact) mass is 398 g/mol. The smallest absolute Gasteiger partial charge is 0.270 e. The zero-order valence-corrected chi connectivity index (χ0v) is 15.9. The van der Waals surface area contributed by atoms with Crippen molar-refractivity contribution in [2.45, 2.75) is 13.0 Å². The number of carbonyl (C=O) groups excluding carboxylic acids is 1. The summed E-state index contributed by atoms with van der Waals surface area (Å²) < 4.78 is 0. The Morgan fingerprint density at radius 2 is 2.04 bits per heavy atom. The molecule has 27 heavy (non-hydrogen) atoms. The molecule has 0 bridgehead atoms. The molecular formula is C19H15ClN4O2S. The molecule has 2 N–H and O–H groups in total. The van der Waals surface area contributed by atoms with E-state index in [9.17, 15) is 9.90 Å². The standard InChI is InChI=1S/C19H15ClN4O2S/c1-11(25)10-22-19(26)16-8-15(12-2-4-13(20)5-3-12)23-18(24-16)17-7-6-14(9-21)27-17/h2-8,11,25H,10H2,1H3,(H,22,26). The number of carbonyl (C=O) groups is 1. The summed E-state index contributed by atoms with van der Waals surface area (Å²) in [5, 5.41) is 21.6. The maximum Gasteiger partial charge on any atom is 0.270 e. The van der Waals surface area contributed by atoms with Crippen LogP contribution in [-0.4, -0.2) is 33.6 Å². The lowest BCUT2D eigenvalue weighted by Crippen LogP contribution is -2.31. The molecule has 6 nitrogen and oxygen atoms in total. The van der Waals surface area contributed by atoms with E-state index in [0.717, 1.165) is 5.56 Å². The number of benzene rings is 1. The van der Waals surface area contributed by atoms with Gasteiger partial charge >= 0.3 is 0 Å². The highest BCUT2D eigenvalue weighted by Gasteiger charge is 2.16. The molecule has 0 radical (unpaired) electrons. The molecule has 0 aliphatic carbocycles. The maximum atomic E-state index is 12.4. The van der Waals surface area contributed by atoms with Crippen LogP contribution in [-0.2, 0) is 0 Å². The van der Waals surface area contributed by atoms with E-state index in [2.05, 4.69) is 21.4 Å². The van der Waals surface area contributed by atoms with Gasteiger partial charge in [-0.2, -0.15) is 5.26 Å². The highest BCUT2D eigenvalue weighted by atomic mass is 35.5. The van der Waals surface area contributed by atoms with Crippen molar-refractivity contribution in [1.82, 2.24) is 15.3 Å². The van der Waals surface area contributed by atoms with Crippen molar-refractivity contribution in [3.05, 3.63) is 58.1 Å². The number of aromatic nitrogens is 2. The molecule has 0 saturated carbocycles. The third-order valence-electron chi connectivity index (χ3n) is 3.59. The van der Waals surface area contributed by atoms with Crippen LogP contribution in [0.25, 0.3) is 22.0 Å². The number of aliphatic hydroxyl groups excluding tert-OH is 1. The summed E-state index contributed by atoms with van der Waals surface area (Å²) in [4.78, 5) is 22.6. The lowest BCUT2D eigenvalue weighted by Gasteiger charge is -2.09. The van der Waals surface area contributed by atoms with Crippen LogP contribution in [0.1, 0.15) is 22.3 Å². The van der Waals surface area contributed by atoms with E-state index in [1.165, 1.54) is 11.3 Å². The van der Waals surface area contributed by atoms with Gasteiger partial charge in [0.25, 0.3) is 5.91 Å². The lowest BCUT2D eigenvalue weighted by molar-refractivity contribution is 0.0919. The van der Waals surface area contributed by atoms with Gasteiger partial charge in [0, 0.05) is 17.1 Å². The summed E-state index contributed by atoms with van der Waals surface area (Å²) in [7, 11) is 0. The van der Waals surface area contributed by atoms with Crippen LogP contribution in [0.15, 0.2) is 42.5 Å². The third-order valence-corrected chi connectivity index (χ3v) is 4.83. The Morgan fingerprint density at radius 3 is 2.67 bits per heavy atom. The molecule has 0 saturated heterocycles. The first kappa shape index (κ1) is 19.0. The molecule has 1 aromatic carbocycles. The predicted octanol–water partition coefficient (Wildman–Crippen LogP) is 3.51. The Bertz CT molecular complexity index is 1010. The SMILES string of the molecule is CC(O)CNC(=O)c1cc(-c2ccc(Cl)cc2)nc(-c2ccc(C#N)s2)n1. The van der Waals surface area contributed by atoms with Crippen molar-refractivity contribution in [3.63, 3.8) is 0 Å². The van der Waals surface area contributed by atoms with E-state index in [1.54, 1.807) is 49.4 Å². The molecule has 1 amide bonds. The van der Waals surface area contributed by atoms with Gasteiger partial charge in [-0.3, -0.25) is 4.79 Å².